The highest BCUT2D eigenvalue weighted by Gasteiger charge is 2.30. The molecule has 3 aromatic rings. The summed E-state index contributed by atoms with van der Waals surface area (Å²) in [6.07, 6.45) is -1.36. The number of nitrogens with zero attached hydrogens (tertiary/aromatic N) is 3. The molecule has 9 heteroatoms. The van der Waals surface area contributed by atoms with Crippen molar-refractivity contribution in [3.05, 3.63) is 66.0 Å². The van der Waals surface area contributed by atoms with Gasteiger partial charge in [0.2, 0.25) is 0 Å². The van der Waals surface area contributed by atoms with Crippen LogP contribution in [-0.2, 0) is 6.18 Å². The molecule has 0 radical (unpaired) electrons. The Morgan fingerprint density at radius 2 is 1.93 bits per heavy atom. The van der Waals surface area contributed by atoms with Crippen LogP contribution in [0, 0.1) is 0 Å². The number of pyridine rings is 1. The van der Waals surface area contributed by atoms with Gasteiger partial charge in [-0.3, -0.25) is 4.79 Å². The van der Waals surface area contributed by atoms with E-state index >= 15 is 0 Å². The molecule has 1 amide bonds. The number of nitrogens with one attached hydrogen (secondary N) is 1. The Labute approximate surface area is 164 Å². The van der Waals surface area contributed by atoms with E-state index in [0.29, 0.717) is 15.7 Å². The summed E-state index contributed by atoms with van der Waals surface area (Å²) in [6, 6.07) is 9.82. The van der Waals surface area contributed by atoms with Gasteiger partial charge in [0.05, 0.1) is 17.3 Å². The lowest BCUT2D eigenvalue weighted by atomic mass is 10.2. The van der Waals surface area contributed by atoms with E-state index in [1.807, 2.05) is 13.8 Å². The van der Waals surface area contributed by atoms with Crippen LogP contribution in [0.5, 0.6) is 0 Å². The summed E-state index contributed by atoms with van der Waals surface area (Å²) in [4.78, 5) is 17.3. The van der Waals surface area contributed by atoms with E-state index in [1.165, 1.54) is 12.3 Å². The maximum atomic E-state index is 12.9. The third-order valence-electron chi connectivity index (χ3n) is 3.79. The highest BCUT2D eigenvalue weighted by Crippen LogP contribution is 2.34. The molecule has 28 heavy (non-hydrogen) atoms. The number of alkyl halides is 3. The molecule has 0 unspecified atom stereocenters. The Morgan fingerprint density at radius 1 is 1.14 bits per heavy atom. The average Bonchev–Trinajstić information content (AvgIpc) is 3.10. The van der Waals surface area contributed by atoms with E-state index in [4.69, 9.17) is 0 Å². The zero-order valence-electron chi connectivity index (χ0n) is 15.1. The van der Waals surface area contributed by atoms with Crippen molar-refractivity contribution in [2.24, 2.45) is 0 Å². The molecule has 0 spiro atoms. The van der Waals surface area contributed by atoms with Crippen LogP contribution in [0.15, 0.2) is 64.8 Å². The third kappa shape index (κ3) is 4.53. The first kappa shape index (κ1) is 19.9. The van der Waals surface area contributed by atoms with Crippen molar-refractivity contribution >= 4 is 23.5 Å². The highest BCUT2D eigenvalue weighted by molar-refractivity contribution is 7.99. The SMILES string of the molecule is CC(C)n1nccc1NC(=O)c1cccnc1Sc1cccc(C(F)(F)F)c1. The average molecular weight is 406 g/mol. The van der Waals surface area contributed by atoms with E-state index in [-0.39, 0.29) is 11.6 Å². The highest BCUT2D eigenvalue weighted by atomic mass is 32.2. The van der Waals surface area contributed by atoms with Gasteiger partial charge in [0, 0.05) is 23.2 Å². The van der Waals surface area contributed by atoms with Crippen molar-refractivity contribution in [3.63, 3.8) is 0 Å². The molecular weight excluding hydrogens is 389 g/mol. The van der Waals surface area contributed by atoms with Gasteiger partial charge in [0.1, 0.15) is 10.8 Å². The van der Waals surface area contributed by atoms with Crippen molar-refractivity contribution in [1.82, 2.24) is 14.8 Å². The molecule has 0 atom stereocenters. The Kier molecular flexibility index (Phi) is 5.73. The van der Waals surface area contributed by atoms with Crippen molar-refractivity contribution in [1.29, 1.82) is 0 Å². The molecule has 2 aromatic heterocycles. The topological polar surface area (TPSA) is 59.8 Å². The predicted molar refractivity (Wildman–Crippen MR) is 100 cm³/mol. The minimum absolute atomic E-state index is 0.0538. The summed E-state index contributed by atoms with van der Waals surface area (Å²) < 4.78 is 40.5. The number of aromatic nitrogens is 3. The van der Waals surface area contributed by atoms with Gasteiger partial charge in [0.15, 0.2) is 0 Å². The molecule has 2 heterocycles. The largest absolute Gasteiger partial charge is 0.416 e. The van der Waals surface area contributed by atoms with Gasteiger partial charge in [0.25, 0.3) is 5.91 Å². The van der Waals surface area contributed by atoms with E-state index in [0.717, 1.165) is 23.9 Å². The minimum Gasteiger partial charge on any atom is -0.307 e. The van der Waals surface area contributed by atoms with E-state index < -0.39 is 17.6 Å². The standard InChI is InChI=1S/C19H17F3N4OS/c1-12(2)26-16(8-10-24-26)25-17(27)15-7-4-9-23-18(15)28-14-6-3-5-13(11-14)19(20,21)22/h3-12H,1-2H3,(H,25,27). The molecule has 0 aliphatic heterocycles. The Morgan fingerprint density at radius 3 is 2.64 bits per heavy atom. The number of hydrogen-bond donors (Lipinski definition) is 1. The quantitative estimate of drug-likeness (QED) is 0.626. The summed E-state index contributed by atoms with van der Waals surface area (Å²) in [5.41, 5.74) is -0.485. The number of rotatable bonds is 5. The zero-order chi connectivity index (χ0) is 20.3. The number of halogens is 3. The summed E-state index contributed by atoms with van der Waals surface area (Å²) in [5.74, 6) is 0.115. The third-order valence-corrected chi connectivity index (χ3v) is 4.80. The molecule has 0 aliphatic rings. The van der Waals surface area contributed by atoms with Crippen LogP contribution < -0.4 is 5.32 Å². The van der Waals surface area contributed by atoms with Gasteiger partial charge in [-0.25, -0.2) is 9.67 Å². The number of amides is 1. The fourth-order valence-corrected chi connectivity index (χ4v) is 3.44. The molecule has 5 nitrogen and oxygen atoms in total. The molecule has 0 bridgehead atoms. The first-order valence-corrected chi connectivity index (χ1v) is 9.22. The normalized spacial score (nSPS) is 11.6. The van der Waals surface area contributed by atoms with Gasteiger partial charge in [-0.05, 0) is 44.2 Å². The van der Waals surface area contributed by atoms with Gasteiger partial charge in [-0.1, -0.05) is 17.8 Å². The first-order chi connectivity index (χ1) is 13.3. The molecule has 3 rings (SSSR count). The second-order valence-electron chi connectivity index (χ2n) is 6.19. The molecule has 1 N–H and O–H groups in total. The van der Waals surface area contributed by atoms with Crippen LogP contribution in [0.25, 0.3) is 0 Å². The molecule has 1 aromatic carbocycles. The molecule has 0 aliphatic carbocycles. The number of hydrogen-bond acceptors (Lipinski definition) is 4. The van der Waals surface area contributed by atoms with Crippen LogP contribution in [0.2, 0.25) is 0 Å². The van der Waals surface area contributed by atoms with Crippen molar-refractivity contribution in [2.75, 3.05) is 5.32 Å². The van der Waals surface area contributed by atoms with Crippen LogP contribution in [-0.4, -0.2) is 20.7 Å². The number of carbonyl (C=O) groups is 1. The zero-order valence-corrected chi connectivity index (χ0v) is 15.9. The lowest BCUT2D eigenvalue weighted by Gasteiger charge is -2.13. The van der Waals surface area contributed by atoms with Crippen LogP contribution in [0.3, 0.4) is 0 Å². The number of carbonyl (C=O) groups excluding carboxylic acids is 1. The number of anilines is 1. The lowest BCUT2D eigenvalue weighted by Crippen LogP contribution is -2.17. The van der Waals surface area contributed by atoms with Crippen LogP contribution in [0.4, 0.5) is 19.0 Å². The molecular formula is C19H17F3N4OS. The van der Waals surface area contributed by atoms with Gasteiger partial charge < -0.3 is 5.32 Å². The first-order valence-electron chi connectivity index (χ1n) is 8.40. The van der Waals surface area contributed by atoms with Gasteiger partial charge in [-0.15, -0.1) is 0 Å². The van der Waals surface area contributed by atoms with Gasteiger partial charge in [-0.2, -0.15) is 18.3 Å². The molecule has 146 valence electrons. The second kappa shape index (κ2) is 8.05. The summed E-state index contributed by atoms with van der Waals surface area (Å²) >= 11 is 1.00. The van der Waals surface area contributed by atoms with E-state index in [1.54, 1.807) is 35.1 Å². The predicted octanol–water partition coefficient (Wildman–Crippen LogP) is 5.28. The number of benzene rings is 1. The molecule has 0 saturated heterocycles. The van der Waals surface area contributed by atoms with Crippen molar-refractivity contribution in [3.8, 4) is 0 Å². The van der Waals surface area contributed by atoms with Crippen LogP contribution in [0.1, 0.15) is 35.8 Å². The van der Waals surface area contributed by atoms with Crippen molar-refractivity contribution in [2.45, 2.75) is 36.0 Å². The smallest absolute Gasteiger partial charge is 0.307 e. The fourth-order valence-electron chi connectivity index (χ4n) is 2.50. The molecule has 0 saturated carbocycles. The Balaban J connectivity index is 1.85. The van der Waals surface area contributed by atoms with Gasteiger partial charge >= 0.3 is 6.18 Å². The maximum Gasteiger partial charge on any atom is 0.416 e. The van der Waals surface area contributed by atoms with E-state index in [9.17, 15) is 18.0 Å². The minimum atomic E-state index is -4.43. The Bertz CT molecular complexity index is 985. The van der Waals surface area contributed by atoms with Crippen LogP contribution >= 0.6 is 11.8 Å². The monoisotopic (exact) mass is 406 g/mol. The van der Waals surface area contributed by atoms with Crippen molar-refractivity contribution < 1.29 is 18.0 Å². The Hall–Kier alpha value is -2.81. The summed E-state index contributed by atoms with van der Waals surface area (Å²) in [5, 5.41) is 7.25. The summed E-state index contributed by atoms with van der Waals surface area (Å²) in [7, 11) is 0. The maximum absolute atomic E-state index is 12.9. The second-order valence-corrected chi connectivity index (χ2v) is 7.25. The summed E-state index contributed by atoms with van der Waals surface area (Å²) in [6.45, 7) is 3.86. The lowest BCUT2D eigenvalue weighted by molar-refractivity contribution is -0.137. The molecule has 0 fully saturated rings. The van der Waals surface area contributed by atoms with E-state index in [2.05, 4.69) is 15.4 Å². The fraction of sp³-hybridized carbons (Fsp3) is 0.211.